The predicted octanol–water partition coefficient (Wildman–Crippen LogP) is 3.13. The summed E-state index contributed by atoms with van der Waals surface area (Å²) in [6.07, 6.45) is 0. The van der Waals surface area contributed by atoms with Gasteiger partial charge in [0.25, 0.3) is 0 Å². The molecule has 0 aliphatic rings. The highest BCUT2D eigenvalue weighted by Gasteiger charge is 2.00. The van der Waals surface area contributed by atoms with Gasteiger partial charge in [0.2, 0.25) is 0 Å². The van der Waals surface area contributed by atoms with Crippen LogP contribution in [0, 0.1) is 0 Å². The standard InChI is InChI=1S/C12H13NS/c1-13-8-12-7-11(9-14-12)10-5-3-2-4-6-10/h2-7,9,13H,8H2,1H3. The van der Waals surface area contributed by atoms with Crippen LogP contribution in [-0.2, 0) is 6.54 Å². The Hall–Kier alpha value is -1.12. The number of rotatable bonds is 3. The highest BCUT2D eigenvalue weighted by molar-refractivity contribution is 7.10. The summed E-state index contributed by atoms with van der Waals surface area (Å²) >= 11 is 1.81. The third-order valence-electron chi connectivity index (χ3n) is 2.11. The third-order valence-corrected chi connectivity index (χ3v) is 3.05. The molecule has 0 fully saturated rings. The largest absolute Gasteiger partial charge is 0.315 e. The molecule has 1 nitrogen and oxygen atoms in total. The number of thiophene rings is 1. The average Bonchev–Trinajstić information content (AvgIpc) is 2.68. The molecule has 1 heterocycles. The summed E-state index contributed by atoms with van der Waals surface area (Å²) in [5, 5.41) is 5.37. The first-order valence-electron chi connectivity index (χ1n) is 4.67. The second-order valence-corrected chi connectivity index (χ2v) is 4.19. The van der Waals surface area contributed by atoms with Gasteiger partial charge in [0, 0.05) is 11.4 Å². The van der Waals surface area contributed by atoms with Gasteiger partial charge in [-0.15, -0.1) is 11.3 Å². The van der Waals surface area contributed by atoms with Gasteiger partial charge >= 0.3 is 0 Å². The van der Waals surface area contributed by atoms with Crippen LogP contribution in [0.2, 0.25) is 0 Å². The smallest absolute Gasteiger partial charge is 0.0296 e. The van der Waals surface area contributed by atoms with Crippen molar-refractivity contribution in [2.24, 2.45) is 0 Å². The molecule has 1 aromatic carbocycles. The Kier molecular flexibility index (Phi) is 2.96. The van der Waals surface area contributed by atoms with Crippen molar-refractivity contribution in [3.8, 4) is 11.1 Å². The number of benzene rings is 1. The Bertz CT molecular complexity index is 392. The van der Waals surface area contributed by atoms with Gasteiger partial charge in [0.15, 0.2) is 0 Å². The summed E-state index contributed by atoms with van der Waals surface area (Å²) in [6, 6.07) is 12.7. The molecule has 0 spiro atoms. The van der Waals surface area contributed by atoms with Crippen LogP contribution in [0.25, 0.3) is 11.1 Å². The highest BCUT2D eigenvalue weighted by atomic mass is 32.1. The molecule has 1 N–H and O–H groups in total. The summed E-state index contributed by atoms with van der Waals surface area (Å²) in [5.41, 5.74) is 2.62. The Balaban J connectivity index is 2.25. The Morgan fingerprint density at radius 1 is 1.14 bits per heavy atom. The molecule has 0 aliphatic heterocycles. The molecule has 0 amide bonds. The Labute approximate surface area is 88.4 Å². The molecule has 72 valence electrons. The molecular formula is C12H13NS. The first-order valence-corrected chi connectivity index (χ1v) is 5.55. The molecule has 0 atom stereocenters. The van der Waals surface area contributed by atoms with E-state index in [4.69, 9.17) is 0 Å². The molecule has 14 heavy (non-hydrogen) atoms. The van der Waals surface area contributed by atoms with Crippen molar-refractivity contribution in [2.45, 2.75) is 6.54 Å². The van der Waals surface area contributed by atoms with Gasteiger partial charge in [-0.05, 0) is 29.6 Å². The zero-order chi connectivity index (χ0) is 9.80. The van der Waals surface area contributed by atoms with Crippen LogP contribution in [0.3, 0.4) is 0 Å². The highest BCUT2D eigenvalue weighted by Crippen LogP contribution is 2.25. The van der Waals surface area contributed by atoms with E-state index in [1.54, 1.807) is 11.3 Å². The molecule has 0 bridgehead atoms. The van der Waals surface area contributed by atoms with E-state index >= 15 is 0 Å². The van der Waals surface area contributed by atoms with Crippen molar-refractivity contribution >= 4 is 11.3 Å². The molecule has 0 radical (unpaired) electrons. The molecule has 2 rings (SSSR count). The molecule has 0 saturated heterocycles. The maximum Gasteiger partial charge on any atom is 0.0296 e. The molecule has 2 heteroatoms. The molecule has 1 aromatic heterocycles. The van der Waals surface area contributed by atoms with Gasteiger partial charge in [0.05, 0.1) is 0 Å². The average molecular weight is 203 g/mol. The SMILES string of the molecule is CNCc1cc(-c2ccccc2)cs1. The minimum Gasteiger partial charge on any atom is -0.315 e. The monoisotopic (exact) mass is 203 g/mol. The first-order chi connectivity index (χ1) is 6.90. The van der Waals surface area contributed by atoms with Crippen molar-refractivity contribution in [3.05, 3.63) is 46.7 Å². The summed E-state index contributed by atoms with van der Waals surface area (Å²) in [5.74, 6) is 0. The van der Waals surface area contributed by atoms with Gasteiger partial charge in [0.1, 0.15) is 0 Å². The van der Waals surface area contributed by atoms with E-state index in [0.29, 0.717) is 0 Å². The summed E-state index contributed by atoms with van der Waals surface area (Å²) in [7, 11) is 1.97. The van der Waals surface area contributed by atoms with Crippen molar-refractivity contribution in [1.29, 1.82) is 0 Å². The van der Waals surface area contributed by atoms with Gasteiger partial charge < -0.3 is 5.32 Å². The fourth-order valence-corrected chi connectivity index (χ4v) is 2.33. The third kappa shape index (κ3) is 2.03. The van der Waals surface area contributed by atoms with Gasteiger partial charge in [-0.25, -0.2) is 0 Å². The lowest BCUT2D eigenvalue weighted by atomic mass is 10.1. The molecule has 0 aliphatic carbocycles. The maximum atomic E-state index is 3.16. The van der Waals surface area contributed by atoms with Crippen molar-refractivity contribution in [1.82, 2.24) is 5.32 Å². The maximum absolute atomic E-state index is 3.16. The van der Waals surface area contributed by atoms with E-state index in [1.165, 1.54) is 16.0 Å². The Morgan fingerprint density at radius 2 is 1.93 bits per heavy atom. The van der Waals surface area contributed by atoms with Crippen LogP contribution >= 0.6 is 11.3 Å². The van der Waals surface area contributed by atoms with Crippen molar-refractivity contribution in [3.63, 3.8) is 0 Å². The second kappa shape index (κ2) is 4.40. The van der Waals surface area contributed by atoms with Crippen LogP contribution in [-0.4, -0.2) is 7.05 Å². The molecular weight excluding hydrogens is 190 g/mol. The fourth-order valence-electron chi connectivity index (χ4n) is 1.43. The minimum absolute atomic E-state index is 0.956. The summed E-state index contributed by atoms with van der Waals surface area (Å²) < 4.78 is 0. The lowest BCUT2D eigenvalue weighted by Crippen LogP contribution is -2.02. The first kappa shape index (κ1) is 9.44. The molecule has 0 saturated carbocycles. The zero-order valence-corrected chi connectivity index (χ0v) is 8.97. The van der Waals surface area contributed by atoms with E-state index in [9.17, 15) is 0 Å². The van der Waals surface area contributed by atoms with Crippen molar-refractivity contribution in [2.75, 3.05) is 7.05 Å². The fraction of sp³-hybridized carbons (Fsp3) is 0.167. The topological polar surface area (TPSA) is 12.0 Å². The summed E-state index contributed by atoms with van der Waals surface area (Å²) in [6.45, 7) is 0.956. The summed E-state index contributed by atoms with van der Waals surface area (Å²) in [4.78, 5) is 1.38. The second-order valence-electron chi connectivity index (χ2n) is 3.20. The number of hydrogen-bond acceptors (Lipinski definition) is 2. The van der Waals surface area contributed by atoms with Gasteiger partial charge in [-0.3, -0.25) is 0 Å². The van der Waals surface area contributed by atoms with Crippen LogP contribution in [0.4, 0.5) is 0 Å². The van der Waals surface area contributed by atoms with Crippen LogP contribution in [0.5, 0.6) is 0 Å². The number of hydrogen-bond donors (Lipinski definition) is 1. The van der Waals surface area contributed by atoms with Crippen LogP contribution < -0.4 is 5.32 Å². The lowest BCUT2D eigenvalue weighted by Gasteiger charge is -1.95. The van der Waals surface area contributed by atoms with E-state index in [1.807, 2.05) is 13.1 Å². The normalized spacial score (nSPS) is 10.4. The Morgan fingerprint density at radius 3 is 2.64 bits per heavy atom. The molecule has 2 aromatic rings. The zero-order valence-electron chi connectivity index (χ0n) is 8.16. The van der Waals surface area contributed by atoms with E-state index < -0.39 is 0 Å². The van der Waals surface area contributed by atoms with Crippen LogP contribution in [0.1, 0.15) is 4.88 Å². The van der Waals surface area contributed by atoms with E-state index in [-0.39, 0.29) is 0 Å². The molecule has 0 unspecified atom stereocenters. The minimum atomic E-state index is 0.956. The quantitative estimate of drug-likeness (QED) is 0.808. The van der Waals surface area contributed by atoms with Gasteiger partial charge in [-0.2, -0.15) is 0 Å². The lowest BCUT2D eigenvalue weighted by molar-refractivity contribution is 0.831. The van der Waals surface area contributed by atoms with Crippen LogP contribution in [0.15, 0.2) is 41.8 Å². The number of nitrogens with one attached hydrogen (secondary N) is 1. The predicted molar refractivity (Wildman–Crippen MR) is 62.5 cm³/mol. The van der Waals surface area contributed by atoms with E-state index in [0.717, 1.165) is 6.54 Å². The van der Waals surface area contributed by atoms with Crippen molar-refractivity contribution < 1.29 is 0 Å². The van der Waals surface area contributed by atoms with Gasteiger partial charge in [-0.1, -0.05) is 30.3 Å². The van der Waals surface area contributed by atoms with E-state index in [2.05, 4.69) is 41.0 Å².